The smallest absolute Gasteiger partial charge is 0.308 e. The first-order valence-electron chi connectivity index (χ1n) is 21.9. The number of carbonyl (C=O) groups is 2. The SMILES string of the molecule is CC(C)C(=O)OC(C)c1cc2c(cc1[N+](=O)[O-])OCO2.CC(C)C(=O)OC(C)c1ccccc1[N+](=O)[O-].CC(C)C(C)c1cc2c(cc1[N+](=O)[O-])OCO2.CC(C)C(C)c1ccccc1[N+](=O)[O-]. The molecule has 2 aliphatic rings. The van der Waals surface area contributed by atoms with E-state index < -0.39 is 28.0 Å². The van der Waals surface area contributed by atoms with Gasteiger partial charge in [0.25, 0.3) is 22.7 Å². The predicted octanol–water partition coefficient (Wildman–Crippen LogP) is 11.9. The Labute approximate surface area is 394 Å². The molecule has 0 bridgehead atoms. The molecule has 20 heteroatoms. The lowest BCUT2D eigenvalue weighted by Gasteiger charge is -2.16. The van der Waals surface area contributed by atoms with E-state index in [2.05, 4.69) is 13.8 Å². The van der Waals surface area contributed by atoms with Gasteiger partial charge in [0.2, 0.25) is 13.6 Å². The zero-order valence-corrected chi connectivity index (χ0v) is 40.3. The average Bonchev–Trinajstić information content (AvgIpc) is 3.97. The topological polar surface area (TPSA) is 262 Å². The fourth-order valence-corrected chi connectivity index (χ4v) is 6.40. The molecule has 20 nitrogen and oxygen atoms in total. The summed E-state index contributed by atoms with van der Waals surface area (Å²) in [6, 6.07) is 19.2. The molecule has 0 saturated carbocycles. The number of nitro benzene ring substituents is 4. The van der Waals surface area contributed by atoms with Gasteiger partial charge in [-0.05, 0) is 55.7 Å². The van der Waals surface area contributed by atoms with Gasteiger partial charge in [-0.1, -0.05) is 99.6 Å². The number of hydrogen-bond acceptors (Lipinski definition) is 16. The standard InChI is InChI=1S/C13H15NO6.2C12H15NO4.C11H15NO2/c1-7(2)13(15)20-8(3)9-4-11-12(19-6-18-11)5-10(9)14(16)17;1-7(2)8(3)9-4-11-12(17-6-16-11)5-10(9)13(14)15;1-8(2)12(14)17-9(3)10-6-4-5-7-11(10)13(15)16;1-8(2)9(3)10-6-4-5-7-11(10)12(13)14/h4-5,7-8H,6H2,1-3H3;4-5,7-8H,6H2,1-3H3;4-9H,1-3H3;4-9H,1-3H3. The molecule has 2 heterocycles. The van der Waals surface area contributed by atoms with Crippen molar-refractivity contribution in [2.75, 3.05) is 13.6 Å². The van der Waals surface area contributed by atoms with E-state index in [0.717, 1.165) is 5.56 Å². The van der Waals surface area contributed by atoms with Gasteiger partial charge in [-0.2, -0.15) is 0 Å². The van der Waals surface area contributed by atoms with Crippen LogP contribution in [0.3, 0.4) is 0 Å². The van der Waals surface area contributed by atoms with Crippen LogP contribution in [0.25, 0.3) is 0 Å². The number of hydrogen-bond donors (Lipinski definition) is 0. The van der Waals surface area contributed by atoms with Crippen LogP contribution < -0.4 is 18.9 Å². The van der Waals surface area contributed by atoms with Crippen molar-refractivity contribution in [1.82, 2.24) is 0 Å². The fraction of sp³-hybridized carbons (Fsp3) is 0.458. The van der Waals surface area contributed by atoms with Crippen molar-refractivity contribution in [3.05, 3.63) is 136 Å². The molecule has 0 spiro atoms. The second kappa shape index (κ2) is 24.9. The van der Waals surface area contributed by atoms with Crippen LogP contribution in [0.4, 0.5) is 22.7 Å². The van der Waals surface area contributed by atoms with Gasteiger partial charge in [0.1, 0.15) is 12.2 Å². The number of rotatable bonds is 14. The summed E-state index contributed by atoms with van der Waals surface area (Å²) < 4.78 is 31.1. The molecule has 0 saturated heterocycles. The van der Waals surface area contributed by atoms with E-state index in [1.807, 2.05) is 39.8 Å². The normalized spacial score (nSPS) is 13.6. The second-order valence-electron chi connectivity index (χ2n) is 17.2. The number of nitrogens with zero attached hydrogens (tertiary/aromatic N) is 4. The van der Waals surface area contributed by atoms with Gasteiger partial charge in [-0.3, -0.25) is 50.0 Å². The van der Waals surface area contributed by atoms with Crippen LogP contribution in [-0.2, 0) is 19.1 Å². The first-order chi connectivity index (χ1) is 31.9. The summed E-state index contributed by atoms with van der Waals surface area (Å²) in [5, 5.41) is 43.7. The van der Waals surface area contributed by atoms with E-state index >= 15 is 0 Å². The summed E-state index contributed by atoms with van der Waals surface area (Å²) in [4.78, 5) is 65.1. The molecule has 0 N–H and O–H groups in total. The highest BCUT2D eigenvalue weighted by Crippen LogP contribution is 2.43. The minimum absolute atomic E-state index is 0.0239. The molecule has 0 aliphatic carbocycles. The quantitative estimate of drug-likeness (QED) is 0.0646. The molecule has 368 valence electrons. The third kappa shape index (κ3) is 14.8. The maximum absolute atomic E-state index is 11.6. The monoisotopic (exact) mass is 948 g/mol. The average molecular weight is 949 g/mol. The first-order valence-corrected chi connectivity index (χ1v) is 21.9. The molecule has 68 heavy (non-hydrogen) atoms. The molecular weight excluding hydrogens is 889 g/mol. The fourth-order valence-electron chi connectivity index (χ4n) is 6.40. The molecule has 4 aromatic rings. The Hall–Kier alpha value is -7.38. The van der Waals surface area contributed by atoms with Crippen LogP contribution in [0.5, 0.6) is 23.0 Å². The summed E-state index contributed by atoms with van der Waals surface area (Å²) in [5.74, 6) is 1.52. The Balaban J connectivity index is 0.000000242. The number of nitro groups is 4. The number of esters is 2. The zero-order valence-electron chi connectivity index (χ0n) is 40.3. The van der Waals surface area contributed by atoms with Crippen molar-refractivity contribution in [2.24, 2.45) is 23.7 Å². The maximum atomic E-state index is 11.6. The van der Waals surface area contributed by atoms with E-state index in [4.69, 9.17) is 28.4 Å². The highest BCUT2D eigenvalue weighted by molar-refractivity contribution is 5.72. The van der Waals surface area contributed by atoms with Gasteiger partial charge in [-0.25, -0.2) is 0 Å². The molecule has 0 fully saturated rings. The summed E-state index contributed by atoms with van der Waals surface area (Å²) in [6.45, 7) is 22.4. The van der Waals surface area contributed by atoms with Crippen molar-refractivity contribution in [1.29, 1.82) is 0 Å². The molecule has 0 amide bonds. The first kappa shape index (κ1) is 55.0. The van der Waals surface area contributed by atoms with Crippen molar-refractivity contribution >= 4 is 34.7 Å². The molecule has 0 aromatic heterocycles. The predicted molar refractivity (Wildman–Crippen MR) is 250 cm³/mol. The number of para-hydroxylation sites is 2. The Morgan fingerprint density at radius 3 is 1.13 bits per heavy atom. The van der Waals surface area contributed by atoms with Crippen LogP contribution in [0, 0.1) is 64.1 Å². The van der Waals surface area contributed by atoms with Gasteiger partial charge >= 0.3 is 11.9 Å². The molecule has 4 aromatic carbocycles. The summed E-state index contributed by atoms with van der Waals surface area (Å²) in [6.07, 6.45) is -1.36. The largest absolute Gasteiger partial charge is 0.457 e. The summed E-state index contributed by atoms with van der Waals surface area (Å²) in [7, 11) is 0. The molecule has 4 unspecified atom stereocenters. The zero-order chi connectivity index (χ0) is 51.2. The van der Waals surface area contributed by atoms with Crippen LogP contribution in [0.2, 0.25) is 0 Å². The van der Waals surface area contributed by atoms with E-state index in [9.17, 15) is 50.0 Å². The van der Waals surface area contributed by atoms with Crippen molar-refractivity contribution in [2.45, 2.75) is 107 Å². The third-order valence-corrected chi connectivity index (χ3v) is 11.1. The number of benzene rings is 4. The maximum Gasteiger partial charge on any atom is 0.308 e. The molecular formula is C48H60N4O16. The molecule has 4 atom stereocenters. The highest BCUT2D eigenvalue weighted by atomic mass is 16.7. The van der Waals surface area contributed by atoms with Crippen LogP contribution in [0.1, 0.15) is 129 Å². The lowest BCUT2D eigenvalue weighted by Crippen LogP contribution is -2.15. The van der Waals surface area contributed by atoms with Gasteiger partial charge in [0, 0.05) is 23.3 Å². The second-order valence-corrected chi connectivity index (χ2v) is 17.2. The Morgan fingerprint density at radius 2 is 0.750 bits per heavy atom. The van der Waals surface area contributed by atoms with Crippen LogP contribution in [-0.4, -0.2) is 45.2 Å². The molecule has 0 radical (unpaired) electrons. The lowest BCUT2D eigenvalue weighted by atomic mass is 9.89. The van der Waals surface area contributed by atoms with Gasteiger partial charge in [0.15, 0.2) is 23.0 Å². The van der Waals surface area contributed by atoms with Gasteiger partial charge < -0.3 is 28.4 Å². The minimum Gasteiger partial charge on any atom is -0.457 e. The highest BCUT2D eigenvalue weighted by Gasteiger charge is 2.30. The van der Waals surface area contributed by atoms with E-state index in [-0.39, 0.29) is 81.4 Å². The van der Waals surface area contributed by atoms with Gasteiger partial charge in [-0.15, -0.1) is 0 Å². The Bertz CT molecular complexity index is 2440. The summed E-state index contributed by atoms with van der Waals surface area (Å²) in [5.41, 5.74) is 2.38. The van der Waals surface area contributed by atoms with Crippen LogP contribution >= 0.6 is 0 Å². The van der Waals surface area contributed by atoms with E-state index in [0.29, 0.717) is 46.0 Å². The number of fused-ring (bicyclic) bond motifs is 2. The number of ether oxygens (including phenoxy) is 6. The van der Waals surface area contributed by atoms with E-state index in [1.54, 1.807) is 77.9 Å². The molecule has 2 aliphatic heterocycles. The lowest BCUT2D eigenvalue weighted by molar-refractivity contribution is -0.386. The molecule has 6 rings (SSSR count). The van der Waals surface area contributed by atoms with Gasteiger partial charge in [0.05, 0.1) is 54.8 Å². The Kier molecular flexibility index (Phi) is 20.2. The summed E-state index contributed by atoms with van der Waals surface area (Å²) >= 11 is 0. The minimum atomic E-state index is -0.736. The third-order valence-electron chi connectivity index (χ3n) is 11.1. The number of carbonyl (C=O) groups excluding carboxylic acids is 2. The van der Waals surface area contributed by atoms with Crippen molar-refractivity contribution in [3.63, 3.8) is 0 Å². The van der Waals surface area contributed by atoms with Crippen molar-refractivity contribution < 1.29 is 57.7 Å². The Morgan fingerprint density at radius 1 is 0.441 bits per heavy atom. The van der Waals surface area contributed by atoms with Crippen LogP contribution in [0.15, 0.2) is 72.8 Å². The van der Waals surface area contributed by atoms with E-state index in [1.165, 1.54) is 24.3 Å². The van der Waals surface area contributed by atoms with Crippen molar-refractivity contribution in [3.8, 4) is 23.0 Å².